The molecule has 24 heavy (non-hydrogen) atoms. The second-order valence-corrected chi connectivity index (χ2v) is 6.22. The quantitative estimate of drug-likeness (QED) is 0.581. The van der Waals surface area contributed by atoms with Gasteiger partial charge in [-0.25, -0.2) is 4.39 Å². The van der Waals surface area contributed by atoms with Crippen molar-refractivity contribution < 1.29 is 18.3 Å². The smallest absolute Gasteiger partial charge is 0.291 e. The van der Waals surface area contributed by atoms with Crippen molar-refractivity contribution in [2.75, 3.05) is 5.32 Å². The zero-order chi connectivity index (χ0) is 16.9. The Bertz CT molecular complexity index is 828. The molecule has 0 bridgehead atoms. The molecule has 0 aliphatic rings. The molecule has 3 aromatic rings. The molecule has 0 spiro atoms. The first-order valence-corrected chi connectivity index (χ1v) is 8.22. The van der Waals surface area contributed by atoms with Crippen molar-refractivity contribution in [1.29, 1.82) is 0 Å². The van der Waals surface area contributed by atoms with Crippen molar-refractivity contribution in [2.24, 2.45) is 0 Å². The monoisotopic (exact) mass is 437 g/mol. The average Bonchev–Trinajstić information content (AvgIpc) is 3.06. The molecule has 4 nitrogen and oxygen atoms in total. The number of furan rings is 1. The van der Waals surface area contributed by atoms with E-state index in [1.165, 1.54) is 24.3 Å². The topological polar surface area (TPSA) is 51.5 Å². The van der Waals surface area contributed by atoms with Gasteiger partial charge in [0.2, 0.25) is 0 Å². The van der Waals surface area contributed by atoms with E-state index >= 15 is 0 Å². The first-order valence-electron chi connectivity index (χ1n) is 7.14. The fourth-order valence-corrected chi connectivity index (χ4v) is 2.35. The SMILES string of the molecule is O=C(Nc1ccc(I)cc1)c1ccc(COc2ccc(F)cc2)o1. The predicted octanol–water partition coefficient (Wildman–Crippen LogP) is 4.85. The molecule has 0 radical (unpaired) electrons. The minimum atomic E-state index is -0.329. The largest absolute Gasteiger partial charge is 0.486 e. The molecule has 122 valence electrons. The van der Waals surface area contributed by atoms with Crippen LogP contribution in [0.15, 0.2) is 65.1 Å². The van der Waals surface area contributed by atoms with Gasteiger partial charge in [0.1, 0.15) is 23.9 Å². The summed E-state index contributed by atoms with van der Waals surface area (Å²) in [5.41, 5.74) is 0.695. The van der Waals surface area contributed by atoms with E-state index < -0.39 is 0 Å². The van der Waals surface area contributed by atoms with E-state index in [1.807, 2.05) is 24.3 Å². The standard InChI is InChI=1S/C18H13FINO3/c19-12-1-7-15(8-2-12)23-11-16-9-10-17(24-16)18(22)21-14-5-3-13(20)4-6-14/h1-10H,11H2,(H,21,22). The fraction of sp³-hybridized carbons (Fsp3) is 0.0556. The summed E-state index contributed by atoms with van der Waals surface area (Å²) >= 11 is 2.19. The molecule has 1 amide bonds. The van der Waals surface area contributed by atoms with Crippen molar-refractivity contribution in [1.82, 2.24) is 0 Å². The maximum absolute atomic E-state index is 12.8. The van der Waals surface area contributed by atoms with Crippen LogP contribution in [0.4, 0.5) is 10.1 Å². The lowest BCUT2D eigenvalue weighted by Crippen LogP contribution is -2.10. The summed E-state index contributed by atoms with van der Waals surface area (Å²) in [6.45, 7) is 0.155. The summed E-state index contributed by atoms with van der Waals surface area (Å²) < 4.78 is 24.9. The van der Waals surface area contributed by atoms with Gasteiger partial charge >= 0.3 is 0 Å². The molecular formula is C18H13FINO3. The van der Waals surface area contributed by atoms with Crippen molar-refractivity contribution in [2.45, 2.75) is 6.61 Å². The van der Waals surface area contributed by atoms with E-state index in [4.69, 9.17) is 9.15 Å². The van der Waals surface area contributed by atoms with E-state index in [9.17, 15) is 9.18 Å². The summed E-state index contributed by atoms with van der Waals surface area (Å²) in [6, 6.07) is 16.4. The Morgan fingerprint density at radius 1 is 1.04 bits per heavy atom. The first kappa shape index (κ1) is 16.5. The lowest BCUT2D eigenvalue weighted by Gasteiger charge is -2.04. The van der Waals surface area contributed by atoms with Gasteiger partial charge in [-0.15, -0.1) is 0 Å². The highest BCUT2D eigenvalue weighted by Crippen LogP contribution is 2.17. The Kier molecular flexibility index (Phi) is 5.14. The number of ether oxygens (including phenoxy) is 1. The lowest BCUT2D eigenvalue weighted by atomic mass is 10.3. The van der Waals surface area contributed by atoms with Crippen molar-refractivity contribution in [3.63, 3.8) is 0 Å². The van der Waals surface area contributed by atoms with Crippen LogP contribution in [0, 0.1) is 9.39 Å². The number of hydrogen-bond donors (Lipinski definition) is 1. The van der Waals surface area contributed by atoms with Gasteiger partial charge in [0.05, 0.1) is 0 Å². The van der Waals surface area contributed by atoms with Crippen LogP contribution in [0.3, 0.4) is 0 Å². The molecule has 1 aromatic heterocycles. The summed E-state index contributed by atoms with van der Waals surface area (Å²) in [7, 11) is 0. The number of carbonyl (C=O) groups is 1. The third-order valence-corrected chi connectivity index (χ3v) is 3.90. The van der Waals surface area contributed by atoms with Crippen LogP contribution < -0.4 is 10.1 Å². The molecule has 6 heteroatoms. The number of anilines is 1. The van der Waals surface area contributed by atoms with Gasteiger partial charge < -0.3 is 14.5 Å². The molecule has 0 saturated carbocycles. The molecule has 0 aliphatic heterocycles. The van der Waals surface area contributed by atoms with E-state index in [1.54, 1.807) is 12.1 Å². The molecule has 2 aromatic carbocycles. The highest BCUT2D eigenvalue weighted by Gasteiger charge is 2.12. The number of hydrogen-bond acceptors (Lipinski definition) is 3. The molecule has 0 saturated heterocycles. The number of amides is 1. The van der Waals surface area contributed by atoms with Crippen LogP contribution >= 0.6 is 22.6 Å². The maximum Gasteiger partial charge on any atom is 0.291 e. The molecule has 1 N–H and O–H groups in total. The number of halogens is 2. The van der Waals surface area contributed by atoms with Gasteiger partial charge in [-0.1, -0.05) is 0 Å². The average molecular weight is 437 g/mol. The van der Waals surface area contributed by atoms with Crippen molar-refractivity contribution in [3.8, 4) is 5.75 Å². The third kappa shape index (κ3) is 4.35. The van der Waals surface area contributed by atoms with Crippen LogP contribution in [0.25, 0.3) is 0 Å². The highest BCUT2D eigenvalue weighted by molar-refractivity contribution is 14.1. The van der Waals surface area contributed by atoms with Crippen LogP contribution in [-0.4, -0.2) is 5.91 Å². The van der Waals surface area contributed by atoms with Gasteiger partial charge in [0.15, 0.2) is 5.76 Å². The number of nitrogens with one attached hydrogen (secondary N) is 1. The number of carbonyl (C=O) groups excluding carboxylic acids is 1. The van der Waals surface area contributed by atoms with Gasteiger partial charge in [0.25, 0.3) is 5.91 Å². The van der Waals surface area contributed by atoms with Gasteiger partial charge in [-0.05, 0) is 83.3 Å². The molecule has 3 rings (SSSR count). The molecule has 1 heterocycles. The summed E-state index contributed by atoms with van der Waals surface area (Å²) in [6.07, 6.45) is 0. The maximum atomic E-state index is 12.8. The van der Waals surface area contributed by atoms with Crippen molar-refractivity contribution >= 4 is 34.2 Å². The number of rotatable bonds is 5. The molecule has 0 unspecified atom stereocenters. The Hall–Kier alpha value is -2.35. The second kappa shape index (κ2) is 7.48. The van der Waals surface area contributed by atoms with Crippen LogP contribution in [0.2, 0.25) is 0 Å². The molecule has 0 atom stereocenters. The Morgan fingerprint density at radius 3 is 2.46 bits per heavy atom. The minimum absolute atomic E-state index is 0.155. The Morgan fingerprint density at radius 2 is 1.75 bits per heavy atom. The lowest BCUT2D eigenvalue weighted by molar-refractivity contribution is 0.0992. The minimum Gasteiger partial charge on any atom is -0.486 e. The summed E-state index contributed by atoms with van der Waals surface area (Å²) in [4.78, 5) is 12.1. The zero-order valence-electron chi connectivity index (χ0n) is 12.5. The highest BCUT2D eigenvalue weighted by atomic mass is 127. The third-order valence-electron chi connectivity index (χ3n) is 3.18. The van der Waals surface area contributed by atoms with Crippen LogP contribution in [0.5, 0.6) is 5.75 Å². The normalized spacial score (nSPS) is 10.4. The molecular weight excluding hydrogens is 424 g/mol. The zero-order valence-corrected chi connectivity index (χ0v) is 14.6. The van der Waals surface area contributed by atoms with Crippen molar-refractivity contribution in [3.05, 3.63) is 81.6 Å². The van der Waals surface area contributed by atoms with Crippen LogP contribution in [-0.2, 0) is 6.61 Å². The predicted molar refractivity (Wildman–Crippen MR) is 96.6 cm³/mol. The first-order chi connectivity index (χ1) is 11.6. The summed E-state index contributed by atoms with van der Waals surface area (Å²) in [5.74, 6) is 0.579. The van der Waals surface area contributed by atoms with Crippen LogP contribution in [0.1, 0.15) is 16.3 Å². The fourth-order valence-electron chi connectivity index (χ4n) is 1.99. The van der Waals surface area contributed by atoms with E-state index in [-0.39, 0.29) is 24.1 Å². The Balaban J connectivity index is 1.59. The van der Waals surface area contributed by atoms with E-state index in [0.29, 0.717) is 17.2 Å². The summed E-state index contributed by atoms with van der Waals surface area (Å²) in [5, 5.41) is 2.76. The van der Waals surface area contributed by atoms with Gasteiger partial charge in [-0.2, -0.15) is 0 Å². The van der Waals surface area contributed by atoms with Gasteiger partial charge in [0, 0.05) is 9.26 Å². The number of benzene rings is 2. The molecule has 0 aliphatic carbocycles. The van der Waals surface area contributed by atoms with Gasteiger partial charge in [-0.3, -0.25) is 4.79 Å². The second-order valence-electron chi connectivity index (χ2n) is 4.97. The van der Waals surface area contributed by atoms with E-state index in [2.05, 4.69) is 27.9 Å². The molecule has 0 fully saturated rings. The Labute approximate surface area is 151 Å². The van der Waals surface area contributed by atoms with E-state index in [0.717, 1.165) is 3.57 Å².